The van der Waals surface area contributed by atoms with Gasteiger partial charge < -0.3 is 4.90 Å². The molecule has 0 amide bonds. The second-order valence-electron chi connectivity index (χ2n) is 19.5. The van der Waals surface area contributed by atoms with Crippen molar-refractivity contribution >= 4 is 38.6 Å². The molecule has 11 rings (SSSR count). The van der Waals surface area contributed by atoms with E-state index < -0.39 is 0 Å². The highest BCUT2D eigenvalue weighted by Crippen LogP contribution is 2.53. The molecular formula is C59H61N. The lowest BCUT2D eigenvalue weighted by molar-refractivity contribution is 0.435. The van der Waals surface area contributed by atoms with Crippen LogP contribution < -0.4 is 4.90 Å². The van der Waals surface area contributed by atoms with E-state index in [0.29, 0.717) is 17.8 Å². The number of anilines is 3. The topological polar surface area (TPSA) is 3.24 Å². The zero-order valence-electron chi connectivity index (χ0n) is 36.0. The Labute approximate surface area is 358 Å². The highest BCUT2D eigenvalue weighted by atomic mass is 15.1. The molecule has 1 heteroatoms. The fourth-order valence-electron chi connectivity index (χ4n) is 12.5. The van der Waals surface area contributed by atoms with Crippen LogP contribution in [0.3, 0.4) is 0 Å². The van der Waals surface area contributed by atoms with Crippen LogP contribution >= 0.6 is 0 Å². The summed E-state index contributed by atoms with van der Waals surface area (Å²) in [6.45, 7) is 4.82. The fourth-order valence-corrected chi connectivity index (χ4v) is 12.5. The molecule has 0 heterocycles. The van der Waals surface area contributed by atoms with Gasteiger partial charge in [-0.3, -0.25) is 0 Å². The molecule has 0 aliphatic heterocycles. The van der Waals surface area contributed by atoms with Gasteiger partial charge in [-0.15, -0.1) is 0 Å². The van der Waals surface area contributed by atoms with Crippen molar-refractivity contribution in [3.8, 4) is 22.3 Å². The normalized spacial score (nSPS) is 18.4. The Hall–Kier alpha value is -5.14. The summed E-state index contributed by atoms with van der Waals surface area (Å²) < 4.78 is 0. The van der Waals surface area contributed by atoms with Gasteiger partial charge in [-0.1, -0.05) is 175 Å². The quantitative estimate of drug-likeness (QED) is 0.156. The van der Waals surface area contributed by atoms with Crippen molar-refractivity contribution in [1.82, 2.24) is 0 Å². The van der Waals surface area contributed by atoms with E-state index in [9.17, 15) is 0 Å². The van der Waals surface area contributed by atoms with Crippen LogP contribution in [0.1, 0.15) is 156 Å². The van der Waals surface area contributed by atoms with E-state index in [1.54, 1.807) is 16.7 Å². The van der Waals surface area contributed by atoms with Crippen molar-refractivity contribution in [2.24, 2.45) is 0 Å². The Balaban J connectivity index is 1.21. The first-order chi connectivity index (χ1) is 29.5. The lowest BCUT2D eigenvalue weighted by Gasteiger charge is -2.33. The molecule has 0 bridgehead atoms. The van der Waals surface area contributed by atoms with E-state index in [2.05, 4.69) is 152 Å². The second kappa shape index (κ2) is 15.7. The van der Waals surface area contributed by atoms with Crippen molar-refractivity contribution in [3.63, 3.8) is 0 Å². The molecule has 0 atom stereocenters. The predicted molar refractivity (Wildman–Crippen MR) is 257 cm³/mol. The zero-order valence-corrected chi connectivity index (χ0v) is 36.0. The molecule has 0 saturated heterocycles. The Kier molecular flexibility index (Phi) is 9.91. The second-order valence-corrected chi connectivity index (χ2v) is 19.5. The maximum absolute atomic E-state index is 2.71. The molecule has 3 saturated carbocycles. The van der Waals surface area contributed by atoms with Crippen LogP contribution in [0.25, 0.3) is 43.8 Å². The van der Waals surface area contributed by atoms with Crippen LogP contribution in [-0.4, -0.2) is 0 Å². The predicted octanol–water partition coefficient (Wildman–Crippen LogP) is 17.6. The van der Waals surface area contributed by atoms with Gasteiger partial charge in [-0.05, 0) is 153 Å². The van der Waals surface area contributed by atoms with Crippen LogP contribution in [-0.2, 0) is 5.41 Å². The third-order valence-electron chi connectivity index (χ3n) is 15.6. The number of nitrogens with zero attached hydrogens (tertiary/aromatic N) is 1. The molecule has 0 spiro atoms. The van der Waals surface area contributed by atoms with Crippen LogP contribution in [0.4, 0.5) is 17.1 Å². The molecule has 302 valence electrons. The monoisotopic (exact) mass is 783 g/mol. The Morgan fingerprint density at radius 2 is 1.00 bits per heavy atom. The average Bonchev–Trinajstić information content (AvgIpc) is 3.54. The summed E-state index contributed by atoms with van der Waals surface area (Å²) in [5.41, 5.74) is 16.8. The molecule has 0 radical (unpaired) electrons. The lowest BCUT2D eigenvalue weighted by Crippen LogP contribution is -2.16. The van der Waals surface area contributed by atoms with Crippen molar-refractivity contribution < 1.29 is 0 Å². The van der Waals surface area contributed by atoms with Gasteiger partial charge in [0.25, 0.3) is 0 Å². The molecule has 0 aromatic heterocycles. The molecule has 3 fully saturated rings. The van der Waals surface area contributed by atoms with E-state index >= 15 is 0 Å². The van der Waals surface area contributed by atoms with E-state index in [1.807, 2.05) is 0 Å². The standard InChI is InChI=1S/C59H61N/c1-59(2)55-31-15-14-27-51(55)54-39-46(32-34-56(54)59)60(47-37-44(40-18-6-3-7-19-40)36-45(38-47)41-20-8-4-9-21-41)57-35-33-50-48(42-22-10-5-11-23-42)28-17-30-53(50)58(57)52-29-16-25-43-24-12-13-26-49(43)52/h12-17,24-42H,3-11,18-23H2,1-2H3. The minimum atomic E-state index is -0.0447. The van der Waals surface area contributed by atoms with Crippen LogP contribution in [0.5, 0.6) is 0 Å². The van der Waals surface area contributed by atoms with Gasteiger partial charge in [0.15, 0.2) is 0 Å². The van der Waals surface area contributed by atoms with Gasteiger partial charge >= 0.3 is 0 Å². The molecule has 60 heavy (non-hydrogen) atoms. The number of benzene rings is 7. The molecule has 1 nitrogen and oxygen atoms in total. The van der Waals surface area contributed by atoms with E-state index in [4.69, 9.17) is 0 Å². The van der Waals surface area contributed by atoms with E-state index in [1.165, 1.54) is 168 Å². The van der Waals surface area contributed by atoms with Gasteiger partial charge in [0.05, 0.1) is 5.69 Å². The van der Waals surface area contributed by atoms with Gasteiger partial charge in [-0.2, -0.15) is 0 Å². The summed E-state index contributed by atoms with van der Waals surface area (Å²) in [7, 11) is 0. The first-order valence-electron chi connectivity index (χ1n) is 23.8. The third-order valence-corrected chi connectivity index (χ3v) is 15.6. The van der Waals surface area contributed by atoms with Gasteiger partial charge in [-0.25, -0.2) is 0 Å². The van der Waals surface area contributed by atoms with Crippen molar-refractivity contribution in [1.29, 1.82) is 0 Å². The summed E-state index contributed by atoms with van der Waals surface area (Å²) >= 11 is 0. The highest BCUT2D eigenvalue weighted by molar-refractivity contribution is 6.12. The first-order valence-corrected chi connectivity index (χ1v) is 23.8. The van der Waals surface area contributed by atoms with Gasteiger partial charge in [0.2, 0.25) is 0 Å². The maximum Gasteiger partial charge on any atom is 0.0546 e. The number of hydrogen-bond acceptors (Lipinski definition) is 1. The minimum absolute atomic E-state index is 0.0447. The van der Waals surface area contributed by atoms with Crippen LogP contribution in [0.15, 0.2) is 133 Å². The molecule has 4 aliphatic rings. The summed E-state index contributed by atoms with van der Waals surface area (Å²) in [4.78, 5) is 2.71. The zero-order chi connectivity index (χ0) is 40.2. The molecule has 4 aliphatic carbocycles. The maximum atomic E-state index is 2.71. The molecular weight excluding hydrogens is 723 g/mol. The van der Waals surface area contributed by atoms with E-state index in [-0.39, 0.29) is 5.41 Å². The SMILES string of the molecule is CC1(C)c2ccccc2-c2cc(N(c3cc(C4CCCCC4)cc(C4CCCCC4)c3)c3ccc4c(C5CCCCC5)cccc4c3-c3cccc4ccccc34)ccc21. The summed E-state index contributed by atoms with van der Waals surface area (Å²) in [5, 5.41) is 5.42. The van der Waals surface area contributed by atoms with Crippen LogP contribution in [0.2, 0.25) is 0 Å². The average molecular weight is 784 g/mol. The molecule has 7 aromatic rings. The van der Waals surface area contributed by atoms with Crippen molar-refractivity contribution in [2.75, 3.05) is 4.90 Å². The molecule has 7 aromatic carbocycles. The molecule has 0 N–H and O–H groups in total. The lowest BCUT2D eigenvalue weighted by atomic mass is 9.79. The van der Waals surface area contributed by atoms with Crippen molar-refractivity contribution in [3.05, 3.63) is 161 Å². The van der Waals surface area contributed by atoms with E-state index in [0.717, 1.165) is 0 Å². The summed E-state index contributed by atoms with van der Waals surface area (Å²) in [6.07, 6.45) is 20.0. The van der Waals surface area contributed by atoms with Crippen LogP contribution in [0, 0.1) is 0 Å². The summed E-state index contributed by atoms with van der Waals surface area (Å²) in [5.74, 6) is 1.88. The smallest absolute Gasteiger partial charge is 0.0546 e. The largest absolute Gasteiger partial charge is 0.310 e. The fraction of sp³-hybridized carbons (Fsp3) is 0.356. The van der Waals surface area contributed by atoms with Gasteiger partial charge in [0, 0.05) is 22.4 Å². The number of fused-ring (bicyclic) bond motifs is 5. The summed E-state index contributed by atoms with van der Waals surface area (Å²) in [6, 6.07) is 52.9. The Bertz CT molecular complexity index is 2650. The molecule has 0 unspecified atom stereocenters. The van der Waals surface area contributed by atoms with Crippen molar-refractivity contribution in [2.45, 2.75) is 133 Å². The Morgan fingerprint density at radius 1 is 0.417 bits per heavy atom. The number of rotatable bonds is 7. The third kappa shape index (κ3) is 6.59. The first kappa shape index (κ1) is 37.8. The Morgan fingerprint density at radius 3 is 1.73 bits per heavy atom. The van der Waals surface area contributed by atoms with Gasteiger partial charge in [0.1, 0.15) is 0 Å². The minimum Gasteiger partial charge on any atom is -0.310 e. The highest BCUT2D eigenvalue weighted by Gasteiger charge is 2.36. The number of hydrogen-bond donors (Lipinski definition) is 0.